The number of aliphatic hydroxyl groups excluding tert-OH is 1. The highest BCUT2D eigenvalue weighted by molar-refractivity contribution is 5.93. The monoisotopic (exact) mass is 372 g/mol. The molecule has 0 aliphatic rings. The van der Waals surface area contributed by atoms with Crippen LogP contribution in [0.5, 0.6) is 0 Å². The SMILES string of the molecule is O=C(/C=C(\O)C(C(F)(F)F)C(F)(F)F)C(C(F)(F)F)C(F)(F)F. The van der Waals surface area contributed by atoms with Crippen LogP contribution in [0, 0.1) is 11.8 Å². The molecular weight excluding hydrogens is 368 g/mol. The van der Waals surface area contributed by atoms with Gasteiger partial charge in [0.25, 0.3) is 0 Å². The van der Waals surface area contributed by atoms with E-state index < -0.39 is 54.2 Å². The minimum atomic E-state index is -6.34. The van der Waals surface area contributed by atoms with Gasteiger partial charge in [-0.2, -0.15) is 52.7 Å². The van der Waals surface area contributed by atoms with Crippen molar-refractivity contribution in [1.82, 2.24) is 0 Å². The molecule has 2 nitrogen and oxygen atoms in total. The number of hydrogen-bond acceptors (Lipinski definition) is 2. The van der Waals surface area contributed by atoms with Crippen molar-refractivity contribution in [3.05, 3.63) is 11.8 Å². The maximum Gasteiger partial charge on any atom is 0.407 e. The van der Waals surface area contributed by atoms with Crippen molar-refractivity contribution in [2.45, 2.75) is 24.7 Å². The largest absolute Gasteiger partial charge is 0.511 e. The first-order valence-electron chi connectivity index (χ1n) is 5.00. The van der Waals surface area contributed by atoms with Gasteiger partial charge in [0, 0.05) is 6.08 Å². The molecule has 0 unspecified atom stereocenters. The molecule has 23 heavy (non-hydrogen) atoms. The summed E-state index contributed by atoms with van der Waals surface area (Å²) in [5.41, 5.74) is 0. The number of ketones is 1. The topological polar surface area (TPSA) is 37.3 Å². The summed E-state index contributed by atoms with van der Waals surface area (Å²) in [5, 5.41) is 8.60. The molecule has 0 bridgehead atoms. The molecule has 0 spiro atoms. The molecule has 0 radical (unpaired) electrons. The lowest BCUT2D eigenvalue weighted by molar-refractivity contribution is -0.278. The lowest BCUT2D eigenvalue weighted by Crippen LogP contribution is -2.43. The summed E-state index contributed by atoms with van der Waals surface area (Å²) in [6.45, 7) is 0. The third kappa shape index (κ3) is 5.82. The molecule has 0 aromatic heterocycles. The minimum Gasteiger partial charge on any atom is -0.511 e. The number of rotatable bonds is 3. The predicted octanol–water partition coefficient (Wildman–Crippen LogP) is 4.48. The smallest absolute Gasteiger partial charge is 0.407 e. The Morgan fingerprint density at radius 2 is 0.913 bits per heavy atom. The number of hydrogen-bond donors (Lipinski definition) is 1. The second-order valence-electron chi connectivity index (χ2n) is 4.00. The summed E-state index contributed by atoms with van der Waals surface area (Å²) in [5.74, 6) is -15.9. The summed E-state index contributed by atoms with van der Waals surface area (Å²) >= 11 is 0. The Bertz CT molecular complexity index is 435. The predicted molar refractivity (Wildman–Crippen MR) is 46.9 cm³/mol. The summed E-state index contributed by atoms with van der Waals surface area (Å²) in [7, 11) is 0. The van der Waals surface area contributed by atoms with Crippen molar-refractivity contribution < 1.29 is 62.6 Å². The van der Waals surface area contributed by atoms with E-state index in [1.807, 2.05) is 0 Å². The molecule has 0 aliphatic carbocycles. The van der Waals surface area contributed by atoms with E-state index in [-0.39, 0.29) is 0 Å². The van der Waals surface area contributed by atoms with Gasteiger partial charge >= 0.3 is 24.7 Å². The molecule has 14 heteroatoms. The Morgan fingerprint density at radius 1 is 0.652 bits per heavy atom. The maximum absolute atomic E-state index is 12.1. The normalized spacial score (nSPS) is 15.5. The molecule has 0 saturated heterocycles. The van der Waals surface area contributed by atoms with Crippen LogP contribution in [-0.2, 0) is 4.79 Å². The molecule has 0 fully saturated rings. The first-order valence-corrected chi connectivity index (χ1v) is 5.00. The van der Waals surface area contributed by atoms with Crippen LogP contribution in [0.15, 0.2) is 11.8 Å². The van der Waals surface area contributed by atoms with Crippen molar-refractivity contribution in [3.8, 4) is 0 Å². The van der Waals surface area contributed by atoms with Gasteiger partial charge in [-0.15, -0.1) is 0 Å². The van der Waals surface area contributed by atoms with E-state index in [0.29, 0.717) is 0 Å². The van der Waals surface area contributed by atoms with Crippen LogP contribution in [0.1, 0.15) is 0 Å². The van der Waals surface area contributed by atoms with Gasteiger partial charge in [0.05, 0.1) is 0 Å². The molecular formula is C9H4F12O2. The van der Waals surface area contributed by atoms with Crippen LogP contribution < -0.4 is 0 Å². The molecule has 0 rings (SSSR count). The van der Waals surface area contributed by atoms with Crippen molar-refractivity contribution in [3.63, 3.8) is 0 Å². The Labute approximate surface area is 118 Å². The molecule has 0 aliphatic heterocycles. The van der Waals surface area contributed by atoms with Crippen molar-refractivity contribution in [2.24, 2.45) is 11.8 Å². The zero-order valence-corrected chi connectivity index (χ0v) is 10.1. The van der Waals surface area contributed by atoms with Crippen LogP contribution in [-0.4, -0.2) is 35.6 Å². The van der Waals surface area contributed by atoms with Crippen molar-refractivity contribution in [1.29, 1.82) is 0 Å². The van der Waals surface area contributed by atoms with Gasteiger partial charge in [-0.1, -0.05) is 0 Å². The Kier molecular flexibility index (Phi) is 5.68. The maximum atomic E-state index is 12.1. The second-order valence-corrected chi connectivity index (χ2v) is 4.00. The first kappa shape index (κ1) is 21.4. The fourth-order valence-electron chi connectivity index (χ4n) is 1.34. The number of halogens is 12. The van der Waals surface area contributed by atoms with Gasteiger partial charge in [-0.05, 0) is 0 Å². The third-order valence-corrected chi connectivity index (χ3v) is 2.18. The minimum absolute atomic E-state index is 1.38. The summed E-state index contributed by atoms with van der Waals surface area (Å²) in [6, 6.07) is 0. The van der Waals surface area contributed by atoms with Crippen LogP contribution in [0.4, 0.5) is 52.7 Å². The summed E-state index contributed by atoms with van der Waals surface area (Å²) < 4.78 is 145. The lowest BCUT2D eigenvalue weighted by atomic mass is 9.98. The zero-order valence-electron chi connectivity index (χ0n) is 10.1. The van der Waals surface area contributed by atoms with Crippen molar-refractivity contribution >= 4 is 5.78 Å². The van der Waals surface area contributed by atoms with E-state index in [4.69, 9.17) is 5.11 Å². The summed E-state index contributed by atoms with van der Waals surface area (Å²) in [6.07, 6.45) is -26.6. The fourth-order valence-corrected chi connectivity index (χ4v) is 1.34. The zero-order chi connectivity index (χ0) is 19.0. The van der Waals surface area contributed by atoms with Gasteiger partial charge in [-0.25, -0.2) is 0 Å². The van der Waals surface area contributed by atoms with Gasteiger partial charge in [0.15, 0.2) is 5.78 Å². The van der Waals surface area contributed by atoms with Gasteiger partial charge < -0.3 is 5.11 Å². The molecule has 0 atom stereocenters. The molecule has 0 aromatic rings. The van der Waals surface area contributed by atoms with Crippen LogP contribution >= 0.6 is 0 Å². The fraction of sp³-hybridized carbons (Fsp3) is 0.667. The van der Waals surface area contributed by atoms with Gasteiger partial charge in [-0.3, -0.25) is 4.79 Å². The average Bonchev–Trinajstić information content (AvgIpc) is 2.04. The molecule has 0 aromatic carbocycles. The standard InChI is InChI=1S/C9H4F12O2/c10-6(11,12)4(7(13,14)15)2(22)1-3(23)5(8(16,17)18)9(19,20)21/h1,4-5,22H/b2-1-. The second kappa shape index (κ2) is 6.11. The van der Waals surface area contributed by atoms with Gasteiger partial charge in [0.2, 0.25) is 11.8 Å². The van der Waals surface area contributed by atoms with E-state index in [0.717, 1.165) is 0 Å². The highest BCUT2D eigenvalue weighted by atomic mass is 19.4. The van der Waals surface area contributed by atoms with E-state index in [1.54, 1.807) is 0 Å². The van der Waals surface area contributed by atoms with E-state index in [2.05, 4.69) is 0 Å². The lowest BCUT2D eigenvalue weighted by Gasteiger charge is -2.23. The molecule has 0 heterocycles. The Hall–Kier alpha value is -1.63. The number of carbonyl (C=O) groups is 1. The molecule has 0 saturated carbocycles. The number of allylic oxidation sites excluding steroid dienone is 2. The van der Waals surface area contributed by atoms with Crippen LogP contribution in [0.3, 0.4) is 0 Å². The van der Waals surface area contributed by atoms with E-state index in [9.17, 15) is 57.5 Å². The molecule has 0 amide bonds. The first-order chi connectivity index (χ1) is 9.79. The Morgan fingerprint density at radius 3 is 1.13 bits per heavy atom. The highest BCUT2D eigenvalue weighted by Crippen LogP contribution is 2.44. The van der Waals surface area contributed by atoms with Crippen molar-refractivity contribution in [2.75, 3.05) is 0 Å². The van der Waals surface area contributed by atoms with E-state index in [1.165, 1.54) is 0 Å². The molecule has 1 N–H and O–H groups in total. The quantitative estimate of drug-likeness (QED) is 0.451. The van der Waals surface area contributed by atoms with Crippen LogP contribution in [0.2, 0.25) is 0 Å². The van der Waals surface area contributed by atoms with E-state index >= 15 is 0 Å². The highest BCUT2D eigenvalue weighted by Gasteiger charge is 2.62. The van der Waals surface area contributed by atoms with Gasteiger partial charge in [0.1, 0.15) is 5.76 Å². The third-order valence-electron chi connectivity index (χ3n) is 2.18. The molecule has 136 valence electrons. The number of aliphatic hydroxyl groups is 1. The number of carbonyl (C=O) groups excluding carboxylic acids is 1. The Balaban J connectivity index is 5.88. The summed E-state index contributed by atoms with van der Waals surface area (Å²) in [4.78, 5) is 10.8. The number of alkyl halides is 12. The van der Waals surface area contributed by atoms with Crippen LogP contribution in [0.25, 0.3) is 0 Å². The average molecular weight is 372 g/mol.